The molecule has 8 rings (SSSR count). The van der Waals surface area contributed by atoms with Crippen molar-refractivity contribution >= 4 is 81.0 Å². The minimum absolute atomic E-state index is 0.851. The van der Waals surface area contributed by atoms with Crippen LogP contribution in [0.25, 0.3) is 73.9 Å². The molecule has 0 unspecified atom stereocenters. The Morgan fingerprint density at radius 1 is 0.511 bits per heavy atom. The number of hydrogen-bond donors (Lipinski definition) is 0. The van der Waals surface area contributed by atoms with Crippen LogP contribution in [0.4, 0.5) is 0 Å². The summed E-state index contributed by atoms with van der Waals surface area (Å²) in [6.45, 7) is 6.04. The van der Waals surface area contributed by atoms with E-state index in [1.54, 1.807) is 0 Å². The zero-order valence-corrected chi connectivity index (χ0v) is 26.5. The average Bonchev–Trinajstić information content (AvgIpc) is 3.66. The van der Waals surface area contributed by atoms with Crippen LogP contribution < -0.4 is 0 Å². The Balaban J connectivity index is 1.14. The van der Waals surface area contributed by atoms with Gasteiger partial charge in [-0.15, -0.1) is 22.7 Å². The summed E-state index contributed by atoms with van der Waals surface area (Å²) in [7, 11) is 0. The van der Waals surface area contributed by atoms with Crippen molar-refractivity contribution in [1.82, 2.24) is 0 Å². The van der Waals surface area contributed by atoms with Crippen molar-refractivity contribution in [2.45, 2.75) is 6.92 Å². The van der Waals surface area contributed by atoms with E-state index >= 15 is 0 Å². The minimum atomic E-state index is 0.851. The summed E-state index contributed by atoms with van der Waals surface area (Å²) in [5, 5.41) is 5.25. The predicted octanol–water partition coefficient (Wildman–Crippen LogP) is 12.9. The Labute approximate surface area is 270 Å². The molecule has 0 aliphatic heterocycles. The van der Waals surface area contributed by atoms with Gasteiger partial charge in [-0.2, -0.15) is 0 Å². The van der Waals surface area contributed by atoms with Crippen molar-refractivity contribution in [3.8, 4) is 22.3 Å². The summed E-state index contributed by atoms with van der Waals surface area (Å²) in [5.74, 6) is 0. The van der Waals surface area contributed by atoms with Gasteiger partial charge in [0.1, 0.15) is 0 Å². The number of nitrogens with zero attached hydrogens (tertiary/aromatic N) is 1. The molecule has 0 saturated heterocycles. The van der Waals surface area contributed by atoms with Crippen LogP contribution in [0, 0.1) is 0 Å². The molecule has 0 fully saturated rings. The van der Waals surface area contributed by atoms with E-state index in [0.29, 0.717) is 0 Å². The lowest BCUT2D eigenvalue weighted by Crippen LogP contribution is -1.88. The monoisotopic (exact) mass is 611 g/mol. The fourth-order valence-corrected chi connectivity index (χ4v) is 8.42. The van der Waals surface area contributed by atoms with Gasteiger partial charge in [0.25, 0.3) is 0 Å². The minimum Gasteiger partial charge on any atom is -0.264 e. The van der Waals surface area contributed by atoms with Crippen LogP contribution in [0.2, 0.25) is 0 Å². The number of hydrogen-bond acceptors (Lipinski definition) is 3. The molecule has 8 aromatic rings. The molecule has 0 radical (unpaired) electrons. The van der Waals surface area contributed by atoms with Crippen molar-refractivity contribution in [3.63, 3.8) is 0 Å². The van der Waals surface area contributed by atoms with E-state index in [0.717, 1.165) is 22.4 Å². The molecule has 0 atom stereocenters. The standard InChI is InChI=1S/C42H29NS2/c1-3-27(28-10-8-11-29(22-28)31-18-20-41-36(24-31)34-14-4-6-16-39(34)44-41)26-38(43-2)33-13-9-12-30(23-33)32-19-21-42-37(25-32)35-15-5-7-17-40(35)45-42/h3-26H,2H2,1H3/b27-3+,38-26-. The topological polar surface area (TPSA) is 12.4 Å². The maximum absolute atomic E-state index is 4.50. The molecule has 214 valence electrons. The van der Waals surface area contributed by atoms with Crippen LogP contribution in [0.5, 0.6) is 0 Å². The summed E-state index contributed by atoms with van der Waals surface area (Å²) in [6, 6.07) is 48.3. The van der Waals surface area contributed by atoms with Crippen molar-refractivity contribution in [2.75, 3.05) is 0 Å². The van der Waals surface area contributed by atoms with Crippen molar-refractivity contribution < 1.29 is 0 Å². The zero-order valence-electron chi connectivity index (χ0n) is 24.8. The van der Waals surface area contributed by atoms with Gasteiger partial charge in [-0.25, -0.2) is 0 Å². The number of benzene rings is 6. The maximum atomic E-state index is 4.50. The van der Waals surface area contributed by atoms with Crippen LogP contribution in [-0.2, 0) is 0 Å². The normalized spacial score (nSPS) is 12.5. The van der Waals surface area contributed by atoms with Crippen LogP contribution in [0.3, 0.4) is 0 Å². The SMILES string of the molecule is C=N/C(=C\C(=C/C)c1cccc(-c2ccc3sc4ccccc4c3c2)c1)c1cccc(-c2ccc3sc4ccccc4c3c2)c1. The third-order valence-electron chi connectivity index (χ3n) is 8.55. The van der Waals surface area contributed by atoms with Gasteiger partial charge < -0.3 is 0 Å². The van der Waals surface area contributed by atoms with Crippen molar-refractivity contribution in [1.29, 1.82) is 0 Å². The van der Waals surface area contributed by atoms with Gasteiger partial charge in [0, 0.05) is 45.9 Å². The maximum Gasteiger partial charge on any atom is 0.0700 e. The van der Waals surface area contributed by atoms with E-state index in [9.17, 15) is 0 Å². The summed E-state index contributed by atoms with van der Waals surface area (Å²) >= 11 is 3.70. The zero-order chi connectivity index (χ0) is 30.3. The Kier molecular flexibility index (Phi) is 6.98. The Morgan fingerprint density at radius 2 is 1.00 bits per heavy atom. The average molecular weight is 612 g/mol. The molecule has 45 heavy (non-hydrogen) atoms. The largest absolute Gasteiger partial charge is 0.264 e. The second-order valence-electron chi connectivity index (χ2n) is 11.2. The number of rotatable bonds is 6. The first-order valence-corrected chi connectivity index (χ1v) is 16.7. The lowest BCUT2D eigenvalue weighted by atomic mass is 9.96. The Hall–Kier alpha value is -5.09. The van der Waals surface area contributed by atoms with Crippen LogP contribution >= 0.6 is 22.7 Å². The van der Waals surface area contributed by atoms with Crippen molar-refractivity contribution in [3.05, 3.63) is 157 Å². The van der Waals surface area contributed by atoms with E-state index in [4.69, 9.17) is 0 Å². The third-order valence-corrected chi connectivity index (χ3v) is 10.9. The molecule has 0 aliphatic carbocycles. The smallest absolute Gasteiger partial charge is 0.0700 e. The lowest BCUT2D eigenvalue weighted by molar-refractivity contribution is 1.50. The van der Waals surface area contributed by atoms with Gasteiger partial charge in [-0.3, -0.25) is 4.99 Å². The molecular weight excluding hydrogens is 583 g/mol. The Bertz CT molecular complexity index is 2470. The third kappa shape index (κ3) is 5.01. The van der Waals surface area contributed by atoms with Crippen LogP contribution in [-0.4, -0.2) is 6.72 Å². The molecule has 0 bridgehead atoms. The summed E-state index contributed by atoms with van der Waals surface area (Å²) < 4.78 is 5.28. The van der Waals surface area contributed by atoms with Gasteiger partial charge in [0.2, 0.25) is 0 Å². The van der Waals surface area contributed by atoms with Crippen LogP contribution in [0.15, 0.2) is 151 Å². The predicted molar refractivity (Wildman–Crippen MR) is 201 cm³/mol. The second-order valence-corrected chi connectivity index (χ2v) is 13.4. The van der Waals surface area contributed by atoms with Gasteiger partial charge >= 0.3 is 0 Å². The highest BCUT2D eigenvalue weighted by Gasteiger charge is 2.11. The van der Waals surface area contributed by atoms with Gasteiger partial charge in [0.15, 0.2) is 0 Å². The van der Waals surface area contributed by atoms with E-state index < -0.39 is 0 Å². The van der Waals surface area contributed by atoms with E-state index in [1.807, 2.05) is 22.7 Å². The number of allylic oxidation sites excluding steroid dienone is 3. The molecular formula is C42H29NS2. The lowest BCUT2D eigenvalue weighted by Gasteiger charge is -2.10. The molecule has 0 saturated carbocycles. The summed E-state index contributed by atoms with van der Waals surface area (Å²) in [5.41, 5.74) is 8.94. The first-order valence-electron chi connectivity index (χ1n) is 15.1. The highest BCUT2D eigenvalue weighted by molar-refractivity contribution is 7.26. The van der Waals surface area contributed by atoms with Crippen molar-refractivity contribution in [2.24, 2.45) is 4.99 Å². The fraction of sp³-hybridized carbons (Fsp3) is 0.0238. The second kappa shape index (κ2) is 11.4. The fourth-order valence-electron chi connectivity index (χ4n) is 6.25. The highest BCUT2D eigenvalue weighted by atomic mass is 32.1. The molecule has 3 heteroatoms. The highest BCUT2D eigenvalue weighted by Crippen LogP contribution is 2.38. The molecule has 0 spiro atoms. The molecule has 0 N–H and O–H groups in total. The van der Waals surface area contributed by atoms with Gasteiger partial charge in [-0.1, -0.05) is 91.0 Å². The molecule has 6 aromatic carbocycles. The summed E-state index contributed by atoms with van der Waals surface area (Å²) in [4.78, 5) is 4.50. The van der Waals surface area contributed by atoms with Gasteiger partial charge in [-0.05, 0) is 102 Å². The molecule has 2 aromatic heterocycles. The molecule has 2 heterocycles. The molecule has 0 amide bonds. The first-order chi connectivity index (χ1) is 22.2. The molecule has 1 nitrogen and oxygen atoms in total. The van der Waals surface area contributed by atoms with Crippen LogP contribution in [0.1, 0.15) is 18.1 Å². The van der Waals surface area contributed by atoms with Gasteiger partial charge in [0.05, 0.1) is 5.70 Å². The first kappa shape index (κ1) is 27.5. The number of fused-ring (bicyclic) bond motifs is 6. The van der Waals surface area contributed by atoms with E-state index in [1.165, 1.54) is 62.6 Å². The summed E-state index contributed by atoms with van der Waals surface area (Å²) in [6.07, 6.45) is 4.30. The quantitative estimate of drug-likeness (QED) is 0.131. The number of thiophene rings is 2. The van der Waals surface area contributed by atoms with E-state index in [2.05, 4.69) is 164 Å². The number of aliphatic imine (C=N–C) groups is 1. The molecule has 0 aliphatic rings. The Morgan fingerprint density at radius 3 is 1.56 bits per heavy atom. The van der Waals surface area contributed by atoms with E-state index in [-0.39, 0.29) is 0 Å².